The lowest BCUT2D eigenvalue weighted by atomic mass is 9.90. The predicted molar refractivity (Wildman–Crippen MR) is 85.9 cm³/mol. The van der Waals surface area contributed by atoms with Crippen molar-refractivity contribution in [3.8, 4) is 17.9 Å². The zero-order chi connectivity index (χ0) is 16.6. The Morgan fingerprint density at radius 3 is 2.61 bits per heavy atom. The molecular formula is C18H21N4O+. The molecule has 3 aliphatic rings. The smallest absolute Gasteiger partial charge is 0.157 e. The van der Waals surface area contributed by atoms with Gasteiger partial charge in [0.2, 0.25) is 0 Å². The molecule has 4 rings (SSSR count). The molecule has 5 nitrogen and oxygen atoms in total. The molecule has 1 aromatic carbocycles. The molecule has 0 saturated carbocycles. The van der Waals surface area contributed by atoms with Crippen molar-refractivity contribution in [3.05, 3.63) is 41.0 Å². The van der Waals surface area contributed by atoms with E-state index in [1.54, 1.807) is 7.11 Å². The molecule has 0 radical (unpaired) electrons. The van der Waals surface area contributed by atoms with Crippen LogP contribution in [-0.2, 0) is 6.54 Å². The van der Waals surface area contributed by atoms with E-state index in [0.717, 1.165) is 35.4 Å². The van der Waals surface area contributed by atoms with Gasteiger partial charge in [0.1, 0.15) is 42.5 Å². The first kappa shape index (κ1) is 15.6. The third-order valence-corrected chi connectivity index (χ3v) is 5.17. The van der Waals surface area contributed by atoms with E-state index in [1.165, 1.54) is 5.56 Å². The highest BCUT2D eigenvalue weighted by atomic mass is 16.5. The Morgan fingerprint density at radius 1 is 1.30 bits per heavy atom. The van der Waals surface area contributed by atoms with Gasteiger partial charge in [0.25, 0.3) is 0 Å². The van der Waals surface area contributed by atoms with Crippen molar-refractivity contribution in [1.82, 2.24) is 4.90 Å². The Kier molecular flexibility index (Phi) is 3.85. The Hall–Kier alpha value is -2.34. The number of para-hydroxylation sites is 1. The number of nitriles is 2. The molecule has 2 bridgehead atoms. The van der Waals surface area contributed by atoms with Crippen LogP contribution in [0.15, 0.2) is 35.4 Å². The lowest BCUT2D eigenvalue weighted by molar-refractivity contribution is -0.998. The number of hydrogen-bond acceptors (Lipinski definition) is 4. The molecule has 3 saturated heterocycles. The summed E-state index contributed by atoms with van der Waals surface area (Å²) in [5.74, 6) is 1.22. The Bertz CT molecular complexity index is 724. The maximum absolute atomic E-state index is 9.23. The summed E-state index contributed by atoms with van der Waals surface area (Å²) >= 11 is 0. The molecular weight excluding hydrogens is 288 g/mol. The summed E-state index contributed by atoms with van der Waals surface area (Å²) in [6.07, 6.45) is 0.326. The predicted octanol–water partition coefficient (Wildman–Crippen LogP) is 1.89. The quantitative estimate of drug-likeness (QED) is 0.629. The zero-order valence-electron chi connectivity index (χ0n) is 13.8. The van der Waals surface area contributed by atoms with E-state index in [9.17, 15) is 10.5 Å². The first-order chi connectivity index (χ1) is 11.1. The summed E-state index contributed by atoms with van der Waals surface area (Å²) in [6.45, 7) is 2.63. The van der Waals surface area contributed by atoms with Crippen molar-refractivity contribution in [2.24, 2.45) is 5.92 Å². The second-order valence-corrected chi connectivity index (χ2v) is 6.64. The molecule has 3 aliphatic heterocycles. The molecule has 3 unspecified atom stereocenters. The van der Waals surface area contributed by atoms with E-state index in [2.05, 4.69) is 37.2 Å². The monoisotopic (exact) mass is 309 g/mol. The number of nitrogens with zero attached hydrogens (tertiary/aromatic N) is 4. The molecule has 23 heavy (non-hydrogen) atoms. The second kappa shape index (κ2) is 5.70. The topological polar surface area (TPSA) is 60.0 Å². The number of hydrogen-bond donors (Lipinski definition) is 0. The standard InChI is InChI=1S/C18H21N4O/c1-21(2)18-16-12-22(18,11-15(16)14(8-19)9-20)10-13-6-4-5-7-17(13)23-3/h4-7,16,18H,10-12H2,1-3H3/q+1. The van der Waals surface area contributed by atoms with Crippen molar-refractivity contribution >= 4 is 0 Å². The van der Waals surface area contributed by atoms with Crippen molar-refractivity contribution in [3.63, 3.8) is 0 Å². The molecule has 3 fully saturated rings. The molecule has 1 aromatic rings. The Morgan fingerprint density at radius 2 is 2.00 bits per heavy atom. The number of rotatable bonds is 4. The number of ether oxygens (including phenoxy) is 1. The van der Waals surface area contributed by atoms with E-state index in [1.807, 2.05) is 18.2 Å². The zero-order valence-corrected chi connectivity index (χ0v) is 13.8. The van der Waals surface area contributed by atoms with E-state index < -0.39 is 0 Å². The van der Waals surface area contributed by atoms with Gasteiger partial charge in [0, 0.05) is 11.1 Å². The van der Waals surface area contributed by atoms with Crippen LogP contribution in [0.4, 0.5) is 0 Å². The van der Waals surface area contributed by atoms with Crippen LogP contribution < -0.4 is 4.74 Å². The summed E-state index contributed by atoms with van der Waals surface area (Å²) in [6, 6.07) is 12.2. The van der Waals surface area contributed by atoms with E-state index in [4.69, 9.17) is 4.74 Å². The maximum atomic E-state index is 9.23. The maximum Gasteiger partial charge on any atom is 0.157 e. The number of benzene rings is 1. The molecule has 0 aromatic heterocycles. The molecule has 3 heterocycles. The van der Waals surface area contributed by atoms with Gasteiger partial charge in [-0.15, -0.1) is 0 Å². The number of methoxy groups -OCH3 is 1. The van der Waals surface area contributed by atoms with Crippen LogP contribution in [0, 0.1) is 28.6 Å². The van der Waals surface area contributed by atoms with E-state index in [-0.39, 0.29) is 0 Å². The number of fused-ring (bicyclic) bond motifs is 1. The number of quaternary nitrogens is 1. The summed E-state index contributed by atoms with van der Waals surface area (Å²) in [7, 11) is 5.85. The third kappa shape index (κ3) is 2.30. The van der Waals surface area contributed by atoms with Crippen molar-refractivity contribution < 1.29 is 9.22 Å². The van der Waals surface area contributed by atoms with Gasteiger partial charge >= 0.3 is 0 Å². The minimum atomic E-state index is 0.305. The first-order valence-electron chi connectivity index (χ1n) is 7.73. The van der Waals surface area contributed by atoms with Crippen molar-refractivity contribution in [2.75, 3.05) is 34.3 Å². The fourth-order valence-corrected chi connectivity index (χ4v) is 4.41. The van der Waals surface area contributed by atoms with Gasteiger partial charge in [-0.3, -0.25) is 9.38 Å². The van der Waals surface area contributed by atoms with Crippen molar-refractivity contribution in [2.45, 2.75) is 12.7 Å². The molecule has 5 heteroatoms. The highest BCUT2D eigenvalue weighted by Gasteiger charge is 2.64. The molecule has 118 valence electrons. The van der Waals surface area contributed by atoms with E-state index >= 15 is 0 Å². The van der Waals surface area contributed by atoms with Crippen LogP contribution in [0.5, 0.6) is 5.75 Å². The lowest BCUT2D eigenvalue weighted by Gasteiger charge is -2.51. The van der Waals surface area contributed by atoms with Gasteiger partial charge in [0.15, 0.2) is 6.17 Å². The molecule has 0 amide bonds. The summed E-state index contributed by atoms with van der Waals surface area (Å²) in [5, 5.41) is 18.5. The fraction of sp³-hybridized carbons (Fsp3) is 0.444. The molecule has 0 aliphatic carbocycles. The second-order valence-electron chi connectivity index (χ2n) is 6.64. The largest absolute Gasteiger partial charge is 0.496 e. The van der Waals surface area contributed by atoms with Crippen LogP contribution >= 0.6 is 0 Å². The van der Waals surface area contributed by atoms with Gasteiger partial charge in [-0.05, 0) is 26.2 Å². The normalized spacial score (nSPS) is 28.0. The average molecular weight is 309 g/mol. The van der Waals surface area contributed by atoms with Crippen molar-refractivity contribution in [1.29, 1.82) is 10.5 Å². The van der Waals surface area contributed by atoms with Crippen LogP contribution in [0.25, 0.3) is 0 Å². The summed E-state index contributed by atoms with van der Waals surface area (Å²) in [4.78, 5) is 2.23. The van der Waals surface area contributed by atoms with Crippen LogP contribution in [0.1, 0.15) is 5.56 Å². The minimum absolute atomic E-state index is 0.305. The van der Waals surface area contributed by atoms with Gasteiger partial charge in [-0.1, -0.05) is 12.1 Å². The highest BCUT2D eigenvalue weighted by molar-refractivity contribution is 5.44. The number of allylic oxidation sites excluding steroid dienone is 1. The fourth-order valence-electron chi connectivity index (χ4n) is 4.41. The van der Waals surface area contributed by atoms with Crippen LogP contribution in [0.3, 0.4) is 0 Å². The SMILES string of the molecule is COc1ccccc1C[N+]12CC(=C(C#N)C#N)C(C1)C2N(C)C. The average Bonchev–Trinajstić information content (AvgIpc) is 3.03. The summed E-state index contributed by atoms with van der Waals surface area (Å²) < 4.78 is 6.37. The third-order valence-electron chi connectivity index (χ3n) is 5.17. The van der Waals surface area contributed by atoms with Gasteiger partial charge < -0.3 is 4.74 Å². The first-order valence-corrected chi connectivity index (χ1v) is 7.73. The van der Waals surface area contributed by atoms with Crippen LogP contribution in [-0.4, -0.2) is 49.8 Å². The lowest BCUT2D eigenvalue weighted by Crippen LogP contribution is -2.68. The van der Waals surface area contributed by atoms with Gasteiger partial charge in [-0.2, -0.15) is 10.5 Å². The highest BCUT2D eigenvalue weighted by Crippen LogP contribution is 2.51. The Labute approximate surface area is 137 Å². The van der Waals surface area contributed by atoms with Crippen LogP contribution in [0.2, 0.25) is 0 Å². The minimum Gasteiger partial charge on any atom is -0.496 e. The Balaban J connectivity index is 1.97. The van der Waals surface area contributed by atoms with Gasteiger partial charge in [0.05, 0.1) is 13.7 Å². The summed E-state index contributed by atoms with van der Waals surface area (Å²) in [5.41, 5.74) is 2.51. The molecule has 0 N–H and O–H groups in total. The van der Waals surface area contributed by atoms with Gasteiger partial charge in [-0.25, -0.2) is 0 Å². The molecule has 3 atom stereocenters. The van der Waals surface area contributed by atoms with E-state index in [0.29, 0.717) is 17.7 Å². The molecule has 0 spiro atoms.